The first-order valence-electron chi connectivity index (χ1n) is 10.8. The fourth-order valence-corrected chi connectivity index (χ4v) is 4.75. The molecule has 8 nitrogen and oxygen atoms in total. The summed E-state index contributed by atoms with van der Waals surface area (Å²) in [7, 11) is -3.46. The summed E-state index contributed by atoms with van der Waals surface area (Å²) in [4.78, 5) is 19.1. The summed E-state index contributed by atoms with van der Waals surface area (Å²) in [6, 6.07) is 7.93. The molecule has 0 saturated carbocycles. The van der Waals surface area contributed by atoms with Crippen LogP contribution in [0.3, 0.4) is 0 Å². The molecule has 1 saturated heterocycles. The highest BCUT2D eigenvalue weighted by molar-refractivity contribution is 7.92. The van der Waals surface area contributed by atoms with Crippen LogP contribution in [0.2, 0.25) is 0 Å². The van der Waals surface area contributed by atoms with Crippen LogP contribution in [0.25, 0.3) is 11.1 Å². The minimum atomic E-state index is -3.46. The van der Waals surface area contributed by atoms with E-state index in [-0.39, 0.29) is 5.82 Å². The van der Waals surface area contributed by atoms with Crippen LogP contribution in [-0.2, 0) is 16.4 Å². The highest BCUT2D eigenvalue weighted by atomic mass is 32.2. The Balaban J connectivity index is 1.26. The summed E-state index contributed by atoms with van der Waals surface area (Å²) < 4.78 is 39.8. The number of allylic oxidation sites excluding steroid dienone is 1. The van der Waals surface area contributed by atoms with Crippen LogP contribution in [0.4, 0.5) is 10.3 Å². The average Bonchev–Trinajstić information content (AvgIpc) is 2.85. The van der Waals surface area contributed by atoms with Crippen molar-refractivity contribution in [2.75, 3.05) is 31.1 Å². The largest absolute Gasteiger partial charge is 0.338 e. The lowest BCUT2D eigenvalue weighted by molar-refractivity contribution is 0.387. The Hall–Kier alpha value is -3.24. The van der Waals surface area contributed by atoms with Gasteiger partial charge in [-0.05, 0) is 36.6 Å². The molecule has 0 atom stereocenters. The van der Waals surface area contributed by atoms with Crippen molar-refractivity contribution in [3.05, 3.63) is 78.2 Å². The summed E-state index contributed by atoms with van der Waals surface area (Å²) in [5.74, 6) is 1.02. The van der Waals surface area contributed by atoms with Crippen LogP contribution in [0, 0.1) is 5.82 Å². The predicted molar refractivity (Wildman–Crippen MR) is 124 cm³/mol. The molecule has 2 aromatic heterocycles. The van der Waals surface area contributed by atoms with Crippen LogP contribution in [0.15, 0.2) is 66.6 Å². The van der Waals surface area contributed by atoms with Gasteiger partial charge in [-0.15, -0.1) is 0 Å². The zero-order valence-electron chi connectivity index (χ0n) is 18.1. The minimum absolute atomic E-state index is 0.291. The fourth-order valence-electron chi connectivity index (χ4n) is 3.53. The van der Waals surface area contributed by atoms with Crippen LogP contribution < -0.4 is 4.90 Å². The molecule has 0 spiro atoms. The zero-order chi connectivity index (χ0) is 23.1. The van der Waals surface area contributed by atoms with Gasteiger partial charge in [0.25, 0.3) is 0 Å². The molecule has 1 fully saturated rings. The molecule has 1 aliphatic heterocycles. The van der Waals surface area contributed by atoms with Gasteiger partial charge < -0.3 is 4.90 Å². The van der Waals surface area contributed by atoms with E-state index in [2.05, 4.69) is 19.9 Å². The van der Waals surface area contributed by atoms with Gasteiger partial charge in [0.15, 0.2) is 0 Å². The summed E-state index contributed by atoms with van der Waals surface area (Å²) >= 11 is 0. The maximum absolute atomic E-state index is 13.1. The first-order valence-corrected chi connectivity index (χ1v) is 12.3. The van der Waals surface area contributed by atoms with Crippen molar-refractivity contribution in [2.24, 2.45) is 0 Å². The molecule has 33 heavy (non-hydrogen) atoms. The molecular formula is C23H25FN6O2S. The van der Waals surface area contributed by atoms with Gasteiger partial charge in [-0.1, -0.05) is 18.2 Å². The number of sulfonamides is 1. The second-order valence-corrected chi connectivity index (χ2v) is 9.46. The quantitative estimate of drug-likeness (QED) is 0.469. The van der Waals surface area contributed by atoms with Crippen molar-refractivity contribution in [1.29, 1.82) is 0 Å². The lowest BCUT2D eigenvalue weighted by atomic mass is 10.1. The van der Waals surface area contributed by atoms with E-state index in [4.69, 9.17) is 0 Å². The average molecular weight is 469 g/mol. The Bertz CT molecular complexity index is 1160. The lowest BCUT2D eigenvalue weighted by Crippen LogP contribution is -2.48. The second kappa shape index (κ2) is 10.6. The number of nitrogens with zero attached hydrogens (tertiary/aromatic N) is 6. The van der Waals surface area contributed by atoms with E-state index in [1.54, 1.807) is 49.1 Å². The standard InChI is InChI=1S/C23H25FN6O2S/c24-21-8-6-19(7-9-21)20-17-27-23(28-18-20)29-12-14-30(15-13-29)33(31,32)16-3-1-2-5-22-25-10-4-11-26-22/h3-4,6-11,16-18H,1-2,5,12-15H2/b16-3-. The number of aromatic nitrogens is 4. The molecule has 3 heterocycles. The minimum Gasteiger partial charge on any atom is -0.338 e. The first-order chi connectivity index (χ1) is 16.0. The number of rotatable bonds is 8. The van der Waals surface area contributed by atoms with Gasteiger partial charge in [0.2, 0.25) is 16.0 Å². The number of unbranched alkanes of at least 4 members (excludes halogenated alkanes) is 1. The third-order valence-electron chi connectivity index (χ3n) is 5.36. The van der Waals surface area contributed by atoms with Gasteiger partial charge in [-0.3, -0.25) is 0 Å². The van der Waals surface area contributed by atoms with E-state index in [9.17, 15) is 12.8 Å². The third kappa shape index (κ3) is 6.17. The third-order valence-corrected chi connectivity index (χ3v) is 6.98. The van der Waals surface area contributed by atoms with E-state index in [1.165, 1.54) is 21.8 Å². The monoisotopic (exact) mass is 468 g/mol. The molecule has 0 aliphatic carbocycles. The Morgan fingerprint density at radius 3 is 2.24 bits per heavy atom. The number of anilines is 1. The van der Waals surface area contributed by atoms with Gasteiger partial charge in [0, 0.05) is 68.4 Å². The van der Waals surface area contributed by atoms with Crippen LogP contribution >= 0.6 is 0 Å². The summed E-state index contributed by atoms with van der Waals surface area (Å²) in [6.45, 7) is 1.75. The maximum Gasteiger partial charge on any atom is 0.236 e. The van der Waals surface area contributed by atoms with Crippen LogP contribution in [0.1, 0.15) is 18.7 Å². The van der Waals surface area contributed by atoms with Gasteiger partial charge in [0.05, 0.1) is 0 Å². The number of hydrogen-bond donors (Lipinski definition) is 0. The molecule has 0 bridgehead atoms. The van der Waals surface area contributed by atoms with E-state index in [0.717, 1.165) is 23.4 Å². The van der Waals surface area contributed by atoms with Gasteiger partial charge >= 0.3 is 0 Å². The topological polar surface area (TPSA) is 92.2 Å². The Kier molecular flexibility index (Phi) is 7.36. The number of piperazine rings is 1. The Labute approximate surface area is 192 Å². The molecule has 0 unspecified atom stereocenters. The van der Waals surface area contributed by atoms with Gasteiger partial charge in [-0.2, -0.15) is 4.31 Å². The number of halogens is 1. The highest BCUT2D eigenvalue weighted by Gasteiger charge is 2.26. The van der Waals surface area contributed by atoms with Gasteiger partial charge in [0.1, 0.15) is 11.6 Å². The predicted octanol–water partition coefficient (Wildman–Crippen LogP) is 3.06. The molecule has 0 N–H and O–H groups in total. The van der Waals surface area contributed by atoms with E-state index in [1.807, 2.05) is 4.90 Å². The van der Waals surface area contributed by atoms with Crippen molar-refractivity contribution >= 4 is 16.0 Å². The lowest BCUT2D eigenvalue weighted by Gasteiger charge is -2.33. The van der Waals surface area contributed by atoms with E-state index < -0.39 is 10.0 Å². The van der Waals surface area contributed by atoms with Crippen molar-refractivity contribution in [3.63, 3.8) is 0 Å². The molecule has 0 radical (unpaired) electrons. The van der Waals surface area contributed by atoms with Crippen molar-refractivity contribution < 1.29 is 12.8 Å². The van der Waals surface area contributed by atoms with E-state index in [0.29, 0.717) is 45.0 Å². The van der Waals surface area contributed by atoms with E-state index >= 15 is 0 Å². The SMILES string of the molecule is O=S(=O)(/C=C\CCCc1ncccn1)N1CCN(c2ncc(-c3ccc(F)cc3)cn2)CC1. The molecular weight excluding hydrogens is 443 g/mol. The number of benzene rings is 1. The Morgan fingerprint density at radius 1 is 0.909 bits per heavy atom. The van der Waals surface area contributed by atoms with Gasteiger partial charge in [-0.25, -0.2) is 32.7 Å². The summed E-state index contributed by atoms with van der Waals surface area (Å²) in [6.07, 6.45) is 10.6. The summed E-state index contributed by atoms with van der Waals surface area (Å²) in [5, 5.41) is 1.29. The zero-order valence-corrected chi connectivity index (χ0v) is 18.9. The first kappa shape index (κ1) is 22.9. The second-order valence-electron chi connectivity index (χ2n) is 7.64. The van der Waals surface area contributed by atoms with Crippen LogP contribution in [-0.4, -0.2) is 58.8 Å². The smallest absolute Gasteiger partial charge is 0.236 e. The Morgan fingerprint density at radius 2 is 1.58 bits per heavy atom. The van der Waals surface area contributed by atoms with Crippen LogP contribution in [0.5, 0.6) is 0 Å². The molecule has 1 aliphatic rings. The molecule has 0 amide bonds. The molecule has 1 aromatic carbocycles. The molecule has 4 rings (SSSR count). The van der Waals surface area contributed by atoms with Crippen molar-refractivity contribution in [2.45, 2.75) is 19.3 Å². The molecule has 172 valence electrons. The van der Waals surface area contributed by atoms with Crippen molar-refractivity contribution in [1.82, 2.24) is 24.2 Å². The van der Waals surface area contributed by atoms with Crippen molar-refractivity contribution in [3.8, 4) is 11.1 Å². The normalized spacial score (nSPS) is 15.2. The number of aryl methyl sites for hydroxylation is 1. The number of hydrogen-bond acceptors (Lipinski definition) is 7. The highest BCUT2D eigenvalue weighted by Crippen LogP contribution is 2.20. The molecule has 10 heteroatoms. The summed E-state index contributed by atoms with van der Waals surface area (Å²) in [5.41, 5.74) is 1.63. The fraction of sp³-hybridized carbons (Fsp3) is 0.304. The maximum atomic E-state index is 13.1. The molecule has 3 aromatic rings.